The lowest BCUT2D eigenvalue weighted by molar-refractivity contribution is 0.570. The Morgan fingerprint density at radius 2 is 1.95 bits per heavy atom. The molecular weight excluding hydrogens is 234 g/mol. The van der Waals surface area contributed by atoms with E-state index >= 15 is 0 Å². The minimum absolute atomic E-state index is 0.315. The van der Waals surface area contributed by atoms with Crippen LogP contribution in [0.25, 0.3) is 0 Å². The van der Waals surface area contributed by atoms with E-state index < -0.39 is 0 Å². The Kier molecular flexibility index (Phi) is 4.05. The Hall–Kier alpha value is -1.61. The van der Waals surface area contributed by atoms with Crippen LogP contribution in [-0.2, 0) is 13.6 Å². The van der Waals surface area contributed by atoms with Gasteiger partial charge in [0.15, 0.2) is 0 Å². The van der Waals surface area contributed by atoms with Gasteiger partial charge < -0.3 is 5.32 Å². The number of aromatic nitrogens is 2. The highest BCUT2D eigenvalue weighted by molar-refractivity contribution is 5.30. The van der Waals surface area contributed by atoms with Gasteiger partial charge in [-0.05, 0) is 44.4 Å². The van der Waals surface area contributed by atoms with E-state index in [0.717, 1.165) is 6.54 Å². The molecule has 1 unspecified atom stereocenters. The molecule has 0 amide bonds. The van der Waals surface area contributed by atoms with E-state index in [2.05, 4.69) is 56.3 Å². The molecule has 0 spiro atoms. The van der Waals surface area contributed by atoms with Crippen molar-refractivity contribution in [3.05, 3.63) is 52.3 Å². The molecule has 2 aromatic rings. The zero-order chi connectivity index (χ0) is 14.0. The summed E-state index contributed by atoms with van der Waals surface area (Å²) < 4.78 is 1.92. The topological polar surface area (TPSA) is 29.9 Å². The molecule has 3 heteroatoms. The second-order valence-electron chi connectivity index (χ2n) is 5.33. The maximum absolute atomic E-state index is 4.29. The molecule has 0 aliphatic rings. The van der Waals surface area contributed by atoms with Gasteiger partial charge in [-0.2, -0.15) is 5.10 Å². The van der Waals surface area contributed by atoms with Crippen LogP contribution < -0.4 is 5.32 Å². The maximum Gasteiger partial charge on any atom is 0.0540 e. The predicted octanol–water partition coefficient (Wildman–Crippen LogP) is 3.20. The average Bonchev–Trinajstić information content (AvgIpc) is 2.71. The summed E-state index contributed by atoms with van der Waals surface area (Å²) >= 11 is 0. The van der Waals surface area contributed by atoms with Gasteiger partial charge in [0.1, 0.15) is 0 Å². The Bertz CT molecular complexity index is 569. The van der Waals surface area contributed by atoms with Gasteiger partial charge in [-0.3, -0.25) is 4.68 Å². The summed E-state index contributed by atoms with van der Waals surface area (Å²) in [7, 11) is 1.98. The molecule has 0 saturated carbocycles. The first kappa shape index (κ1) is 13.8. The molecule has 0 saturated heterocycles. The van der Waals surface area contributed by atoms with E-state index in [9.17, 15) is 0 Å². The zero-order valence-electron chi connectivity index (χ0n) is 12.5. The van der Waals surface area contributed by atoms with Crippen molar-refractivity contribution >= 4 is 0 Å². The largest absolute Gasteiger partial charge is 0.306 e. The quantitative estimate of drug-likeness (QED) is 0.911. The normalized spacial score (nSPS) is 12.7. The molecule has 1 aromatic carbocycles. The van der Waals surface area contributed by atoms with Gasteiger partial charge in [0, 0.05) is 30.9 Å². The number of nitrogens with zero attached hydrogens (tertiary/aromatic N) is 2. The Balaban J connectivity index is 2.02. The minimum atomic E-state index is 0.315. The van der Waals surface area contributed by atoms with Crippen LogP contribution in [0.2, 0.25) is 0 Å². The Labute approximate surface area is 115 Å². The van der Waals surface area contributed by atoms with Crippen molar-refractivity contribution in [3.63, 3.8) is 0 Å². The highest BCUT2D eigenvalue weighted by Crippen LogP contribution is 2.17. The SMILES string of the molecule is Cc1ccc(CNC(C)c2cnn(C)c2C)cc1C. The smallest absolute Gasteiger partial charge is 0.0540 e. The molecule has 19 heavy (non-hydrogen) atoms. The minimum Gasteiger partial charge on any atom is -0.306 e. The van der Waals surface area contributed by atoms with Crippen molar-refractivity contribution in [2.75, 3.05) is 0 Å². The van der Waals surface area contributed by atoms with Gasteiger partial charge in [0.05, 0.1) is 6.20 Å². The van der Waals surface area contributed by atoms with Gasteiger partial charge in [-0.25, -0.2) is 0 Å². The van der Waals surface area contributed by atoms with Crippen molar-refractivity contribution in [1.82, 2.24) is 15.1 Å². The average molecular weight is 257 g/mol. The maximum atomic E-state index is 4.29. The zero-order valence-corrected chi connectivity index (χ0v) is 12.5. The molecule has 1 N–H and O–H groups in total. The monoisotopic (exact) mass is 257 g/mol. The fourth-order valence-corrected chi connectivity index (χ4v) is 2.24. The van der Waals surface area contributed by atoms with Crippen LogP contribution >= 0.6 is 0 Å². The Morgan fingerprint density at radius 3 is 2.53 bits per heavy atom. The number of hydrogen-bond donors (Lipinski definition) is 1. The molecule has 1 heterocycles. The molecule has 0 aliphatic carbocycles. The van der Waals surface area contributed by atoms with Gasteiger partial charge in [0.2, 0.25) is 0 Å². The second-order valence-corrected chi connectivity index (χ2v) is 5.33. The lowest BCUT2D eigenvalue weighted by atomic mass is 10.1. The van der Waals surface area contributed by atoms with Gasteiger partial charge in [0.25, 0.3) is 0 Å². The molecular formula is C16H23N3. The summed E-state index contributed by atoms with van der Waals surface area (Å²) in [5.74, 6) is 0. The van der Waals surface area contributed by atoms with Crippen LogP contribution in [0, 0.1) is 20.8 Å². The number of hydrogen-bond acceptors (Lipinski definition) is 2. The molecule has 102 valence electrons. The highest BCUT2D eigenvalue weighted by Gasteiger charge is 2.11. The fourth-order valence-electron chi connectivity index (χ4n) is 2.24. The summed E-state index contributed by atoms with van der Waals surface area (Å²) in [5.41, 5.74) is 6.52. The summed E-state index contributed by atoms with van der Waals surface area (Å²) in [4.78, 5) is 0. The number of benzene rings is 1. The third kappa shape index (κ3) is 3.04. The van der Waals surface area contributed by atoms with Gasteiger partial charge in [-0.15, -0.1) is 0 Å². The first-order valence-electron chi connectivity index (χ1n) is 6.77. The van der Waals surface area contributed by atoms with Crippen LogP contribution in [0.4, 0.5) is 0 Å². The lowest BCUT2D eigenvalue weighted by Crippen LogP contribution is -2.18. The van der Waals surface area contributed by atoms with E-state index in [4.69, 9.17) is 0 Å². The lowest BCUT2D eigenvalue weighted by Gasteiger charge is -2.14. The molecule has 0 aliphatic heterocycles. The molecule has 3 nitrogen and oxygen atoms in total. The summed E-state index contributed by atoms with van der Waals surface area (Å²) in [5, 5.41) is 7.86. The van der Waals surface area contributed by atoms with E-state index in [1.54, 1.807) is 0 Å². The van der Waals surface area contributed by atoms with Gasteiger partial charge in [-0.1, -0.05) is 18.2 Å². The third-order valence-electron chi connectivity index (χ3n) is 3.92. The number of nitrogens with one attached hydrogen (secondary N) is 1. The van der Waals surface area contributed by atoms with E-state index in [-0.39, 0.29) is 0 Å². The second kappa shape index (κ2) is 5.57. The highest BCUT2D eigenvalue weighted by atomic mass is 15.3. The summed E-state index contributed by atoms with van der Waals surface area (Å²) in [6.45, 7) is 9.49. The van der Waals surface area contributed by atoms with Crippen molar-refractivity contribution < 1.29 is 0 Å². The molecule has 0 fully saturated rings. The van der Waals surface area contributed by atoms with Crippen LogP contribution in [0.15, 0.2) is 24.4 Å². The predicted molar refractivity (Wildman–Crippen MR) is 79.1 cm³/mol. The summed E-state index contributed by atoms with van der Waals surface area (Å²) in [6, 6.07) is 6.95. The van der Waals surface area contributed by atoms with Crippen molar-refractivity contribution in [2.24, 2.45) is 7.05 Å². The number of rotatable bonds is 4. The van der Waals surface area contributed by atoms with Crippen molar-refractivity contribution in [2.45, 2.75) is 40.3 Å². The first-order chi connectivity index (χ1) is 8.99. The van der Waals surface area contributed by atoms with E-state index in [1.807, 2.05) is 17.9 Å². The summed E-state index contributed by atoms with van der Waals surface area (Å²) in [6.07, 6.45) is 1.95. The van der Waals surface area contributed by atoms with Crippen LogP contribution in [0.1, 0.15) is 40.9 Å². The van der Waals surface area contributed by atoms with Crippen molar-refractivity contribution in [1.29, 1.82) is 0 Å². The Morgan fingerprint density at radius 1 is 1.21 bits per heavy atom. The molecule has 0 bridgehead atoms. The molecule has 2 rings (SSSR count). The standard InChI is InChI=1S/C16H23N3/c1-11-6-7-15(8-12(11)2)9-17-13(3)16-10-18-19(5)14(16)4/h6-8,10,13,17H,9H2,1-5H3. The molecule has 0 radical (unpaired) electrons. The van der Waals surface area contributed by atoms with Crippen LogP contribution in [0.3, 0.4) is 0 Å². The van der Waals surface area contributed by atoms with Crippen molar-refractivity contribution in [3.8, 4) is 0 Å². The van der Waals surface area contributed by atoms with Crippen LogP contribution in [-0.4, -0.2) is 9.78 Å². The molecule has 1 aromatic heterocycles. The van der Waals surface area contributed by atoms with Crippen LogP contribution in [0.5, 0.6) is 0 Å². The first-order valence-corrected chi connectivity index (χ1v) is 6.77. The van der Waals surface area contributed by atoms with Gasteiger partial charge >= 0.3 is 0 Å². The van der Waals surface area contributed by atoms with E-state index in [0.29, 0.717) is 6.04 Å². The molecule has 1 atom stereocenters. The fraction of sp³-hybridized carbons (Fsp3) is 0.438. The van der Waals surface area contributed by atoms with E-state index in [1.165, 1.54) is 27.9 Å². The number of aryl methyl sites for hydroxylation is 3. The third-order valence-corrected chi connectivity index (χ3v) is 3.92.